The third kappa shape index (κ3) is 2.58. The average molecular weight is 276 g/mol. The fourth-order valence-corrected chi connectivity index (χ4v) is 1.72. The molecule has 0 atom stereocenters. The lowest BCUT2D eigenvalue weighted by molar-refractivity contribution is -0.780. The van der Waals surface area contributed by atoms with Crippen molar-refractivity contribution in [3.8, 4) is 0 Å². The quantitative estimate of drug-likeness (QED) is 0.481. The number of anilines is 1. The van der Waals surface area contributed by atoms with Crippen LogP contribution >= 0.6 is 0 Å². The van der Waals surface area contributed by atoms with Crippen LogP contribution in [-0.4, -0.2) is 15.5 Å². The zero-order chi connectivity index (χ0) is 14.6. The van der Waals surface area contributed by atoms with Crippen molar-refractivity contribution in [2.24, 2.45) is 0 Å². The molecule has 0 saturated heterocycles. The lowest BCUT2D eigenvalue weighted by atomic mass is 10.0. The minimum atomic E-state index is -2.27. The fraction of sp³-hybridized carbons (Fsp3) is 0.167. The second-order valence-corrected chi connectivity index (χ2v) is 4.21. The van der Waals surface area contributed by atoms with Crippen LogP contribution < -0.4 is 10.9 Å². The molecule has 0 fully saturated rings. The van der Waals surface area contributed by atoms with Gasteiger partial charge in [0, 0.05) is 0 Å². The van der Waals surface area contributed by atoms with E-state index in [1.165, 1.54) is 12.2 Å². The van der Waals surface area contributed by atoms with Crippen LogP contribution in [0.25, 0.3) is 0 Å². The summed E-state index contributed by atoms with van der Waals surface area (Å²) < 4.78 is 0. The molecule has 1 aromatic carbocycles. The van der Waals surface area contributed by atoms with Gasteiger partial charge in [-0.2, -0.15) is 0 Å². The lowest BCUT2D eigenvalue weighted by Gasteiger charge is -2.17. The molecule has 1 aliphatic carbocycles. The van der Waals surface area contributed by atoms with Gasteiger partial charge in [-0.25, -0.2) is 0 Å². The third-order valence-electron chi connectivity index (χ3n) is 2.91. The summed E-state index contributed by atoms with van der Waals surface area (Å²) in [4.78, 5) is 19.9. The standard InChI is InChI=1S/C12H12N4O4/c17-15(18)12(16(19)20)8-6-11(7-9-12)14-13-10-4-2-1-3-5-10/h1-8,13-14H,9H2. The molecular formula is C12H12N4O4. The van der Waals surface area contributed by atoms with Crippen LogP contribution in [0.5, 0.6) is 0 Å². The summed E-state index contributed by atoms with van der Waals surface area (Å²) >= 11 is 0. The van der Waals surface area contributed by atoms with E-state index in [-0.39, 0.29) is 6.42 Å². The molecule has 0 spiro atoms. The van der Waals surface area contributed by atoms with Gasteiger partial charge in [-0.15, -0.1) is 0 Å². The number of rotatable bonds is 5. The summed E-state index contributed by atoms with van der Waals surface area (Å²) in [6.45, 7) is 0. The van der Waals surface area contributed by atoms with Gasteiger partial charge < -0.3 is 10.9 Å². The molecule has 8 heteroatoms. The van der Waals surface area contributed by atoms with Crippen molar-refractivity contribution in [3.05, 3.63) is 74.5 Å². The number of nitrogens with one attached hydrogen (secondary N) is 2. The smallest absolute Gasteiger partial charge is 0.301 e. The number of hydrogen-bond donors (Lipinski definition) is 2. The summed E-state index contributed by atoms with van der Waals surface area (Å²) in [6.07, 6.45) is 3.43. The minimum absolute atomic E-state index is 0.303. The first kappa shape index (κ1) is 13.5. The van der Waals surface area contributed by atoms with Crippen LogP contribution in [0.15, 0.2) is 54.3 Å². The van der Waals surface area contributed by atoms with E-state index in [9.17, 15) is 20.2 Å². The van der Waals surface area contributed by atoms with Gasteiger partial charge in [0.25, 0.3) is 0 Å². The topological polar surface area (TPSA) is 110 Å². The number of nitro groups is 2. The van der Waals surface area contributed by atoms with E-state index < -0.39 is 15.5 Å². The third-order valence-corrected chi connectivity index (χ3v) is 2.91. The predicted octanol–water partition coefficient (Wildman–Crippen LogP) is 1.70. The van der Waals surface area contributed by atoms with Crippen molar-refractivity contribution in [1.82, 2.24) is 5.43 Å². The lowest BCUT2D eigenvalue weighted by Crippen LogP contribution is -2.45. The number of hydrogen-bond acceptors (Lipinski definition) is 6. The van der Waals surface area contributed by atoms with Crippen LogP contribution in [0.2, 0.25) is 0 Å². The summed E-state index contributed by atoms with van der Waals surface area (Å²) in [5.74, 6) is 0. The molecule has 1 aromatic rings. The molecule has 2 rings (SSSR count). The van der Waals surface area contributed by atoms with E-state index in [1.807, 2.05) is 30.3 Å². The highest BCUT2D eigenvalue weighted by Gasteiger charge is 2.53. The van der Waals surface area contributed by atoms with Gasteiger partial charge in [0.15, 0.2) is 0 Å². The van der Waals surface area contributed by atoms with Crippen LogP contribution in [-0.2, 0) is 0 Å². The number of nitrogens with zero attached hydrogens (tertiary/aromatic N) is 2. The Bertz CT molecular complexity index is 568. The monoisotopic (exact) mass is 276 g/mol. The molecule has 104 valence electrons. The first-order chi connectivity index (χ1) is 9.54. The van der Waals surface area contributed by atoms with Gasteiger partial charge in [-0.1, -0.05) is 18.2 Å². The van der Waals surface area contributed by atoms with Gasteiger partial charge in [-0.3, -0.25) is 20.2 Å². The summed E-state index contributed by atoms with van der Waals surface area (Å²) in [6, 6.07) is 9.23. The molecule has 0 aromatic heterocycles. The highest BCUT2D eigenvalue weighted by atomic mass is 16.7. The molecule has 0 radical (unpaired) electrons. The molecule has 8 nitrogen and oxygen atoms in total. The molecule has 1 aliphatic rings. The molecule has 2 N–H and O–H groups in total. The summed E-state index contributed by atoms with van der Waals surface area (Å²) in [7, 11) is 0. The first-order valence-corrected chi connectivity index (χ1v) is 5.80. The molecule has 20 heavy (non-hydrogen) atoms. The molecule has 0 unspecified atom stereocenters. The van der Waals surface area contributed by atoms with Crippen molar-refractivity contribution in [2.75, 3.05) is 5.43 Å². The van der Waals surface area contributed by atoms with E-state index in [4.69, 9.17) is 0 Å². The van der Waals surface area contributed by atoms with Crippen molar-refractivity contribution in [3.63, 3.8) is 0 Å². The molecule has 0 aliphatic heterocycles. The van der Waals surface area contributed by atoms with E-state index in [0.29, 0.717) is 5.70 Å². The minimum Gasteiger partial charge on any atom is -0.301 e. The maximum absolute atomic E-state index is 10.9. The Labute approximate surface area is 114 Å². The number of benzene rings is 1. The largest absolute Gasteiger partial charge is 0.481 e. The zero-order valence-electron chi connectivity index (χ0n) is 10.4. The average Bonchev–Trinajstić information content (AvgIpc) is 2.46. The highest BCUT2D eigenvalue weighted by molar-refractivity contribution is 5.42. The Morgan fingerprint density at radius 3 is 2.20 bits per heavy atom. The fourth-order valence-electron chi connectivity index (χ4n) is 1.72. The number of para-hydroxylation sites is 1. The van der Waals surface area contributed by atoms with Gasteiger partial charge >= 0.3 is 5.66 Å². The first-order valence-electron chi connectivity index (χ1n) is 5.80. The van der Waals surface area contributed by atoms with Crippen molar-refractivity contribution in [1.29, 1.82) is 0 Å². The molecule has 0 bridgehead atoms. The van der Waals surface area contributed by atoms with E-state index in [0.717, 1.165) is 11.8 Å². The van der Waals surface area contributed by atoms with E-state index >= 15 is 0 Å². The zero-order valence-corrected chi connectivity index (χ0v) is 10.4. The van der Waals surface area contributed by atoms with Gasteiger partial charge in [0.05, 0.1) is 17.5 Å². The molecule has 0 saturated carbocycles. The Balaban J connectivity index is 2.02. The van der Waals surface area contributed by atoms with Crippen LogP contribution in [0, 0.1) is 20.2 Å². The Morgan fingerprint density at radius 2 is 1.70 bits per heavy atom. The van der Waals surface area contributed by atoms with Crippen LogP contribution in [0.1, 0.15) is 6.42 Å². The van der Waals surface area contributed by atoms with Crippen molar-refractivity contribution < 1.29 is 9.85 Å². The van der Waals surface area contributed by atoms with E-state index in [2.05, 4.69) is 10.9 Å². The number of allylic oxidation sites excluding steroid dienone is 1. The number of hydrazine groups is 1. The molecule has 0 amide bonds. The Morgan fingerprint density at radius 1 is 1.05 bits per heavy atom. The summed E-state index contributed by atoms with van der Waals surface area (Å²) in [5, 5.41) is 21.7. The predicted molar refractivity (Wildman–Crippen MR) is 71.8 cm³/mol. The molecular weight excluding hydrogens is 264 g/mol. The molecule has 0 heterocycles. The van der Waals surface area contributed by atoms with Crippen LogP contribution in [0.3, 0.4) is 0 Å². The Hall–Kier alpha value is -2.90. The summed E-state index contributed by atoms with van der Waals surface area (Å²) in [5.41, 5.74) is 4.80. The highest BCUT2D eigenvalue weighted by Crippen LogP contribution is 2.24. The maximum atomic E-state index is 10.9. The van der Waals surface area contributed by atoms with Gasteiger partial charge in [0.2, 0.25) is 0 Å². The SMILES string of the molecule is O=[N+]([O-])C1([N+](=O)[O-])C=CC(NNc2ccccc2)=CC1. The van der Waals surface area contributed by atoms with Crippen LogP contribution in [0.4, 0.5) is 5.69 Å². The second kappa shape index (κ2) is 5.39. The Kier molecular flexibility index (Phi) is 3.65. The maximum Gasteiger partial charge on any atom is 0.481 e. The second-order valence-electron chi connectivity index (χ2n) is 4.21. The van der Waals surface area contributed by atoms with Crippen molar-refractivity contribution in [2.45, 2.75) is 12.1 Å². The normalized spacial score (nSPS) is 16.1. The van der Waals surface area contributed by atoms with Gasteiger partial charge in [-0.05, 0) is 24.3 Å². The van der Waals surface area contributed by atoms with Gasteiger partial charge in [0.1, 0.15) is 16.3 Å². The van der Waals surface area contributed by atoms with Crippen molar-refractivity contribution >= 4 is 5.69 Å². The van der Waals surface area contributed by atoms with E-state index in [1.54, 1.807) is 0 Å².